The zero-order valence-corrected chi connectivity index (χ0v) is 24.5. The lowest BCUT2D eigenvalue weighted by atomic mass is 9.77. The maximum Gasteiger partial charge on any atom is 0.248 e. The molecule has 0 unspecified atom stereocenters. The number of aliphatic imine (C=N–C) groups is 1. The van der Waals surface area contributed by atoms with Crippen molar-refractivity contribution >= 4 is 29.1 Å². The highest BCUT2D eigenvalue weighted by molar-refractivity contribution is 6.01. The highest BCUT2D eigenvalue weighted by atomic mass is 16.2. The molecule has 1 atom stereocenters. The maximum absolute atomic E-state index is 13.6. The molecule has 5 rings (SSSR count). The van der Waals surface area contributed by atoms with Crippen molar-refractivity contribution in [1.82, 2.24) is 0 Å². The summed E-state index contributed by atoms with van der Waals surface area (Å²) in [6.07, 6.45) is 4.21. The van der Waals surface area contributed by atoms with Gasteiger partial charge in [0.1, 0.15) is 5.78 Å². The number of benzene rings is 3. The van der Waals surface area contributed by atoms with Crippen molar-refractivity contribution in [3.63, 3.8) is 0 Å². The van der Waals surface area contributed by atoms with Crippen LogP contribution in [-0.2, 0) is 16.0 Å². The molecule has 3 aromatic carbocycles. The molecule has 0 saturated heterocycles. The quantitative estimate of drug-likeness (QED) is 0.277. The molecule has 1 aliphatic carbocycles. The second kappa shape index (κ2) is 13.6. The lowest BCUT2D eigenvalue weighted by Gasteiger charge is -2.27. The van der Waals surface area contributed by atoms with Gasteiger partial charge in [0.15, 0.2) is 12.5 Å². The van der Waals surface area contributed by atoms with Crippen molar-refractivity contribution in [2.45, 2.75) is 45.4 Å². The fourth-order valence-electron chi connectivity index (χ4n) is 5.96. The fourth-order valence-corrected chi connectivity index (χ4v) is 5.96. The number of carbonyl (C=O) groups excluding carboxylic acids is 3. The van der Waals surface area contributed by atoms with E-state index in [0.29, 0.717) is 42.6 Å². The molecule has 3 aromatic rings. The summed E-state index contributed by atoms with van der Waals surface area (Å²) in [7, 11) is 0. The van der Waals surface area contributed by atoms with E-state index in [2.05, 4.69) is 20.5 Å². The Morgan fingerprint density at radius 1 is 0.930 bits per heavy atom. The molecule has 9 nitrogen and oxygen atoms in total. The van der Waals surface area contributed by atoms with Crippen molar-refractivity contribution in [2.24, 2.45) is 44.4 Å². The third-order valence-electron chi connectivity index (χ3n) is 8.57. The number of hydrogen-bond donors (Lipinski definition) is 3. The van der Waals surface area contributed by atoms with Crippen LogP contribution < -0.4 is 16.8 Å². The van der Waals surface area contributed by atoms with E-state index < -0.39 is 11.8 Å². The molecule has 0 radical (unpaired) electrons. The predicted molar refractivity (Wildman–Crippen MR) is 168 cm³/mol. The Hall–Kier alpha value is -4.50. The van der Waals surface area contributed by atoms with Crippen molar-refractivity contribution < 1.29 is 14.4 Å². The van der Waals surface area contributed by atoms with Crippen LogP contribution in [-0.4, -0.2) is 36.6 Å². The zero-order valence-electron chi connectivity index (χ0n) is 24.5. The molecule has 2 aliphatic rings. The van der Waals surface area contributed by atoms with E-state index in [0.717, 1.165) is 53.5 Å². The standard InChI is InChI=1S/C34H38N6O3/c1-21-16-27(32(36)42)12-15-30(21)24-6-2-22(3-7-24)17-28(18-31(41)25-8-4-23(19-35)5-9-25)34(43)39-29-13-10-26(11-14-29)33-37-20-38-40-33/h2-3,6-7,10-16,23,25,28H,4-5,8-9,17-20,35H2,1H3,(H2,36,42)(H,39,43)/t23?,25?,28-/m1/s1. The topological polar surface area (TPSA) is 152 Å². The van der Waals surface area contributed by atoms with Crippen LogP contribution in [0.5, 0.6) is 0 Å². The van der Waals surface area contributed by atoms with E-state index in [1.165, 1.54) is 0 Å². The Balaban J connectivity index is 1.31. The third-order valence-corrected chi connectivity index (χ3v) is 8.57. The van der Waals surface area contributed by atoms with E-state index in [1.54, 1.807) is 12.1 Å². The molecule has 1 saturated carbocycles. The Kier molecular flexibility index (Phi) is 9.51. The van der Waals surface area contributed by atoms with Gasteiger partial charge in [-0.05, 0) is 110 Å². The van der Waals surface area contributed by atoms with Gasteiger partial charge in [0.25, 0.3) is 0 Å². The molecule has 1 heterocycles. The van der Waals surface area contributed by atoms with Gasteiger partial charge in [-0.15, -0.1) is 5.11 Å². The van der Waals surface area contributed by atoms with Crippen LogP contribution in [0.15, 0.2) is 82.0 Å². The van der Waals surface area contributed by atoms with Gasteiger partial charge < -0.3 is 16.8 Å². The monoisotopic (exact) mass is 578 g/mol. The van der Waals surface area contributed by atoms with E-state index in [1.807, 2.05) is 61.5 Å². The molecular formula is C34H38N6O3. The Labute approximate surface area is 251 Å². The molecule has 0 spiro atoms. The Bertz CT molecular complexity index is 1540. The van der Waals surface area contributed by atoms with Gasteiger partial charge in [0.2, 0.25) is 11.8 Å². The van der Waals surface area contributed by atoms with Crippen LogP contribution in [0.25, 0.3) is 11.1 Å². The van der Waals surface area contributed by atoms with Gasteiger partial charge in [0, 0.05) is 35.1 Å². The van der Waals surface area contributed by atoms with Crippen molar-refractivity contribution in [1.29, 1.82) is 0 Å². The number of hydrogen-bond acceptors (Lipinski definition) is 7. The lowest BCUT2D eigenvalue weighted by Crippen LogP contribution is -2.31. The number of primary amides is 1. The van der Waals surface area contributed by atoms with E-state index >= 15 is 0 Å². The first-order valence-electron chi connectivity index (χ1n) is 14.9. The van der Waals surface area contributed by atoms with Gasteiger partial charge in [-0.2, -0.15) is 5.11 Å². The summed E-state index contributed by atoms with van der Waals surface area (Å²) in [6.45, 7) is 2.94. The van der Waals surface area contributed by atoms with Crippen LogP contribution in [0, 0.1) is 24.7 Å². The first-order chi connectivity index (χ1) is 20.8. The normalized spacial score (nSPS) is 18.6. The Morgan fingerprint density at radius 3 is 2.23 bits per heavy atom. The zero-order chi connectivity index (χ0) is 30.3. The van der Waals surface area contributed by atoms with E-state index in [4.69, 9.17) is 11.5 Å². The summed E-state index contributed by atoms with van der Waals surface area (Å²) >= 11 is 0. The van der Waals surface area contributed by atoms with Gasteiger partial charge in [-0.1, -0.05) is 30.3 Å². The highest BCUT2D eigenvalue weighted by Crippen LogP contribution is 2.31. The van der Waals surface area contributed by atoms with Crippen LogP contribution in [0.4, 0.5) is 5.69 Å². The molecule has 0 aromatic heterocycles. The molecule has 222 valence electrons. The number of nitrogens with zero attached hydrogens (tertiary/aromatic N) is 3. The molecule has 1 aliphatic heterocycles. The summed E-state index contributed by atoms with van der Waals surface area (Å²) in [5, 5.41) is 10.9. The number of rotatable bonds is 11. The number of carbonyl (C=O) groups is 3. The molecular weight excluding hydrogens is 540 g/mol. The number of amides is 2. The second-order valence-electron chi connectivity index (χ2n) is 11.5. The number of aryl methyl sites for hydroxylation is 1. The van der Waals surface area contributed by atoms with Gasteiger partial charge in [-0.25, -0.2) is 4.99 Å². The smallest absolute Gasteiger partial charge is 0.248 e. The van der Waals surface area contributed by atoms with Crippen LogP contribution >= 0.6 is 0 Å². The minimum Gasteiger partial charge on any atom is -0.366 e. The van der Waals surface area contributed by atoms with E-state index in [9.17, 15) is 14.4 Å². The summed E-state index contributed by atoms with van der Waals surface area (Å²) in [6, 6.07) is 20.8. The number of Topliss-reactive ketones (excluding diaryl/α,β-unsaturated/α-hetero) is 1. The molecule has 0 bridgehead atoms. The van der Waals surface area contributed by atoms with Gasteiger partial charge >= 0.3 is 0 Å². The number of anilines is 1. The maximum atomic E-state index is 13.6. The Morgan fingerprint density at radius 2 is 1.63 bits per heavy atom. The lowest BCUT2D eigenvalue weighted by molar-refractivity contribution is -0.129. The number of nitrogens with one attached hydrogen (secondary N) is 1. The largest absolute Gasteiger partial charge is 0.366 e. The number of ketones is 1. The number of nitrogens with two attached hydrogens (primary N) is 2. The van der Waals surface area contributed by atoms with Gasteiger partial charge in [-0.3, -0.25) is 14.4 Å². The van der Waals surface area contributed by atoms with Crippen LogP contribution in [0.3, 0.4) is 0 Å². The predicted octanol–water partition coefficient (Wildman–Crippen LogP) is 5.45. The van der Waals surface area contributed by atoms with E-state index in [-0.39, 0.29) is 24.0 Å². The van der Waals surface area contributed by atoms with Crippen LogP contribution in [0.2, 0.25) is 0 Å². The van der Waals surface area contributed by atoms with Crippen molar-refractivity contribution in [3.8, 4) is 11.1 Å². The number of amidine groups is 1. The molecule has 2 amide bonds. The summed E-state index contributed by atoms with van der Waals surface area (Å²) in [4.78, 5) is 42.8. The van der Waals surface area contributed by atoms with Crippen LogP contribution in [0.1, 0.15) is 59.2 Å². The first kappa shape index (κ1) is 30.0. The summed E-state index contributed by atoms with van der Waals surface area (Å²) in [5.74, 6) is 0.0308. The fraction of sp³-hybridized carbons (Fsp3) is 0.353. The minimum absolute atomic E-state index is 0.0209. The molecule has 1 fully saturated rings. The third kappa shape index (κ3) is 7.48. The SMILES string of the molecule is Cc1cc(C(N)=O)ccc1-c1ccc(C[C@H](CC(=O)C2CCC(CN)CC2)C(=O)Nc2ccc(C3=NCN=N3)cc2)cc1. The second-order valence-corrected chi connectivity index (χ2v) is 11.5. The minimum atomic E-state index is -0.519. The average Bonchev–Trinajstić information content (AvgIpc) is 3.57. The average molecular weight is 579 g/mol. The highest BCUT2D eigenvalue weighted by Gasteiger charge is 2.30. The van der Waals surface area contributed by atoms with Gasteiger partial charge in [0.05, 0.1) is 0 Å². The number of azo groups is 1. The molecule has 43 heavy (non-hydrogen) atoms. The first-order valence-corrected chi connectivity index (χ1v) is 14.9. The summed E-state index contributed by atoms with van der Waals surface area (Å²) < 4.78 is 0. The van der Waals surface area contributed by atoms with Crippen molar-refractivity contribution in [3.05, 3.63) is 89.0 Å². The molecule has 5 N–H and O–H groups in total. The van der Waals surface area contributed by atoms with Crippen molar-refractivity contribution in [2.75, 3.05) is 18.5 Å². The summed E-state index contributed by atoms with van der Waals surface area (Å²) in [5.41, 5.74) is 17.1. The molecule has 9 heteroatoms.